The first-order chi connectivity index (χ1) is 10.2. The van der Waals surface area contributed by atoms with Gasteiger partial charge in [-0.05, 0) is 36.2 Å². The van der Waals surface area contributed by atoms with Crippen LogP contribution in [0.5, 0.6) is 0 Å². The lowest BCUT2D eigenvalue weighted by Crippen LogP contribution is -2.17. The Bertz CT molecular complexity index is 590. The van der Waals surface area contributed by atoms with E-state index in [-0.39, 0.29) is 6.42 Å². The van der Waals surface area contributed by atoms with Gasteiger partial charge < -0.3 is 15.0 Å². The van der Waals surface area contributed by atoms with Gasteiger partial charge in [-0.1, -0.05) is 31.2 Å². The van der Waals surface area contributed by atoms with E-state index < -0.39 is 5.97 Å². The molecule has 112 valence electrons. The van der Waals surface area contributed by atoms with Gasteiger partial charge in [0.05, 0.1) is 6.42 Å². The lowest BCUT2D eigenvalue weighted by molar-refractivity contribution is -0.136. The largest absolute Gasteiger partial charge is 0.481 e. The summed E-state index contributed by atoms with van der Waals surface area (Å²) in [5, 5.41) is 12.4. The zero-order valence-corrected chi connectivity index (χ0v) is 12.4. The van der Waals surface area contributed by atoms with E-state index in [9.17, 15) is 4.79 Å². The van der Waals surface area contributed by atoms with Gasteiger partial charge >= 0.3 is 5.97 Å². The molecule has 0 aliphatic carbocycles. The lowest BCUT2D eigenvalue weighted by Gasteiger charge is -2.13. The summed E-state index contributed by atoms with van der Waals surface area (Å²) in [5.74, 6) is -0.792. The molecule has 0 saturated carbocycles. The molecule has 4 nitrogen and oxygen atoms in total. The van der Waals surface area contributed by atoms with Crippen LogP contribution < -0.4 is 5.32 Å². The maximum absolute atomic E-state index is 10.9. The highest BCUT2D eigenvalue weighted by molar-refractivity contribution is 5.70. The maximum Gasteiger partial charge on any atom is 0.307 e. The van der Waals surface area contributed by atoms with E-state index in [2.05, 4.69) is 22.9 Å². The number of carboxylic acids is 1. The Morgan fingerprint density at radius 1 is 1.19 bits per heavy atom. The Morgan fingerprint density at radius 2 is 1.95 bits per heavy atom. The van der Waals surface area contributed by atoms with Crippen LogP contribution in [-0.2, 0) is 24.3 Å². The van der Waals surface area contributed by atoms with Crippen molar-refractivity contribution in [3.8, 4) is 0 Å². The molecule has 0 unspecified atom stereocenters. The van der Waals surface area contributed by atoms with Gasteiger partial charge in [0.2, 0.25) is 0 Å². The molecule has 2 N–H and O–H groups in total. The number of hydrogen-bond donors (Lipinski definition) is 2. The maximum atomic E-state index is 10.9. The fourth-order valence-electron chi connectivity index (χ4n) is 2.39. The summed E-state index contributed by atoms with van der Waals surface area (Å²) in [6, 6.07) is 11.9. The summed E-state index contributed by atoms with van der Waals surface area (Å²) in [6.45, 7) is 4.69. The molecule has 0 atom stereocenters. The van der Waals surface area contributed by atoms with Gasteiger partial charge in [0.15, 0.2) is 0 Å². The minimum atomic E-state index is -0.792. The Hall–Kier alpha value is -2.07. The van der Waals surface area contributed by atoms with Gasteiger partial charge in [0.1, 0.15) is 0 Å². The van der Waals surface area contributed by atoms with Crippen molar-refractivity contribution in [2.75, 3.05) is 6.54 Å². The Labute approximate surface area is 125 Å². The first-order valence-electron chi connectivity index (χ1n) is 7.34. The Morgan fingerprint density at radius 3 is 2.67 bits per heavy atom. The van der Waals surface area contributed by atoms with Crippen LogP contribution in [0, 0.1) is 0 Å². The third-order valence-corrected chi connectivity index (χ3v) is 3.46. The number of benzene rings is 1. The Balaban J connectivity index is 2.11. The molecule has 4 heteroatoms. The van der Waals surface area contributed by atoms with Crippen LogP contribution in [0.1, 0.15) is 30.2 Å². The van der Waals surface area contributed by atoms with Gasteiger partial charge in [-0.15, -0.1) is 0 Å². The normalized spacial score (nSPS) is 10.7. The molecule has 0 amide bonds. The summed E-state index contributed by atoms with van der Waals surface area (Å²) in [4.78, 5) is 10.9. The first-order valence-corrected chi connectivity index (χ1v) is 7.34. The highest BCUT2D eigenvalue weighted by atomic mass is 16.4. The monoisotopic (exact) mass is 286 g/mol. The molecule has 1 aromatic carbocycles. The van der Waals surface area contributed by atoms with Crippen molar-refractivity contribution in [1.82, 2.24) is 9.88 Å². The second-order valence-electron chi connectivity index (χ2n) is 5.14. The first kappa shape index (κ1) is 15.3. The molecule has 0 bridgehead atoms. The molecule has 21 heavy (non-hydrogen) atoms. The average Bonchev–Trinajstić information content (AvgIpc) is 2.88. The fourth-order valence-corrected chi connectivity index (χ4v) is 2.39. The van der Waals surface area contributed by atoms with Crippen LogP contribution in [0.4, 0.5) is 0 Å². The van der Waals surface area contributed by atoms with Crippen molar-refractivity contribution in [3.63, 3.8) is 0 Å². The van der Waals surface area contributed by atoms with Crippen molar-refractivity contribution in [2.45, 2.75) is 32.9 Å². The molecule has 0 spiro atoms. The number of aliphatic carboxylic acids is 1. The standard InChI is InChI=1S/C17H22N2O2/c1-2-9-18-12-16-8-5-10-19(16)13-15-7-4-3-6-14(15)11-17(20)21/h3-8,10,18H,2,9,11-13H2,1H3,(H,20,21). The fraction of sp³-hybridized carbons (Fsp3) is 0.353. The molecule has 2 rings (SSSR count). The predicted molar refractivity (Wildman–Crippen MR) is 83.3 cm³/mol. The molecule has 0 radical (unpaired) electrons. The van der Waals surface area contributed by atoms with E-state index in [1.165, 1.54) is 5.69 Å². The van der Waals surface area contributed by atoms with Crippen molar-refractivity contribution in [3.05, 3.63) is 59.4 Å². The topological polar surface area (TPSA) is 54.3 Å². The van der Waals surface area contributed by atoms with Crippen LogP contribution in [0.15, 0.2) is 42.6 Å². The molecule has 0 aliphatic rings. The smallest absolute Gasteiger partial charge is 0.307 e. The molecule has 1 aromatic heterocycles. The van der Waals surface area contributed by atoms with Crippen molar-refractivity contribution < 1.29 is 9.90 Å². The van der Waals surface area contributed by atoms with Gasteiger partial charge in [0, 0.05) is 25.0 Å². The summed E-state index contributed by atoms with van der Waals surface area (Å²) in [7, 11) is 0. The minimum Gasteiger partial charge on any atom is -0.481 e. The highest BCUT2D eigenvalue weighted by Crippen LogP contribution is 2.14. The molecule has 0 saturated heterocycles. The molecule has 1 heterocycles. The SMILES string of the molecule is CCCNCc1cccn1Cc1ccccc1CC(=O)O. The van der Waals surface area contributed by atoms with Crippen molar-refractivity contribution in [1.29, 1.82) is 0 Å². The summed E-state index contributed by atoms with van der Waals surface area (Å²) in [6.07, 6.45) is 3.23. The van der Waals surface area contributed by atoms with Gasteiger partial charge in [-0.3, -0.25) is 4.79 Å². The number of nitrogens with one attached hydrogen (secondary N) is 1. The zero-order valence-electron chi connectivity index (χ0n) is 12.4. The molecular formula is C17H22N2O2. The number of carboxylic acid groups (broad SMARTS) is 1. The number of nitrogens with zero attached hydrogens (tertiary/aromatic N) is 1. The number of rotatable bonds is 8. The van der Waals surface area contributed by atoms with E-state index in [1.54, 1.807) is 0 Å². The molecular weight excluding hydrogens is 264 g/mol. The van der Waals surface area contributed by atoms with Crippen LogP contribution in [0.25, 0.3) is 0 Å². The molecule has 0 fully saturated rings. The second kappa shape index (κ2) is 7.64. The summed E-state index contributed by atoms with van der Waals surface area (Å²) < 4.78 is 2.17. The number of aromatic nitrogens is 1. The van der Waals surface area contributed by atoms with Gasteiger partial charge in [-0.2, -0.15) is 0 Å². The van der Waals surface area contributed by atoms with Crippen LogP contribution in [0.2, 0.25) is 0 Å². The highest BCUT2D eigenvalue weighted by Gasteiger charge is 2.08. The van der Waals surface area contributed by atoms with E-state index in [0.717, 1.165) is 30.6 Å². The van der Waals surface area contributed by atoms with E-state index >= 15 is 0 Å². The summed E-state index contributed by atoms with van der Waals surface area (Å²) in [5.41, 5.74) is 3.16. The quantitative estimate of drug-likeness (QED) is 0.734. The number of hydrogen-bond acceptors (Lipinski definition) is 2. The van der Waals surface area contributed by atoms with Crippen molar-refractivity contribution >= 4 is 5.97 Å². The number of carbonyl (C=O) groups is 1. The van der Waals surface area contributed by atoms with Gasteiger partial charge in [-0.25, -0.2) is 0 Å². The molecule has 2 aromatic rings. The third kappa shape index (κ3) is 4.46. The van der Waals surface area contributed by atoms with Crippen LogP contribution >= 0.6 is 0 Å². The van der Waals surface area contributed by atoms with E-state index in [0.29, 0.717) is 6.54 Å². The average molecular weight is 286 g/mol. The zero-order chi connectivity index (χ0) is 15.1. The van der Waals surface area contributed by atoms with E-state index in [4.69, 9.17) is 5.11 Å². The predicted octanol–water partition coefficient (Wildman–Crippen LogP) is 2.66. The minimum absolute atomic E-state index is 0.0703. The lowest BCUT2D eigenvalue weighted by atomic mass is 10.0. The van der Waals surface area contributed by atoms with Crippen LogP contribution in [0.3, 0.4) is 0 Å². The van der Waals surface area contributed by atoms with Gasteiger partial charge in [0.25, 0.3) is 0 Å². The van der Waals surface area contributed by atoms with E-state index in [1.807, 2.05) is 36.5 Å². The van der Waals surface area contributed by atoms with Crippen LogP contribution in [-0.4, -0.2) is 22.2 Å². The Kier molecular flexibility index (Phi) is 5.58. The summed E-state index contributed by atoms with van der Waals surface area (Å²) >= 11 is 0. The third-order valence-electron chi connectivity index (χ3n) is 3.46. The van der Waals surface area contributed by atoms with Crippen molar-refractivity contribution in [2.24, 2.45) is 0 Å². The molecule has 0 aliphatic heterocycles. The second-order valence-corrected chi connectivity index (χ2v) is 5.14.